The maximum atomic E-state index is 11.9. The molecule has 0 aliphatic carbocycles. The zero-order valence-electron chi connectivity index (χ0n) is 11.4. The number of nitrogens with one attached hydrogen (secondary N) is 1. The molecule has 0 aliphatic rings. The molecule has 0 aliphatic heterocycles. The van der Waals surface area contributed by atoms with Gasteiger partial charge in [-0.15, -0.1) is 11.3 Å². The first-order valence-electron chi connectivity index (χ1n) is 6.72. The Kier molecular flexibility index (Phi) is 4.12. The molecule has 0 saturated heterocycles. The Balaban J connectivity index is 1.56. The molecule has 0 atom stereocenters. The largest absolute Gasteiger partial charge is 0.326 e. The third-order valence-corrected chi connectivity index (χ3v) is 4.07. The summed E-state index contributed by atoms with van der Waals surface area (Å²) in [4.78, 5) is 17.1. The number of carbonyl (C=O) groups excluding carboxylic acids is 1. The van der Waals surface area contributed by atoms with E-state index in [-0.39, 0.29) is 5.91 Å². The lowest BCUT2D eigenvalue weighted by molar-refractivity contribution is -0.116. The molecule has 0 fully saturated rings. The van der Waals surface area contributed by atoms with E-state index in [9.17, 15) is 4.79 Å². The Morgan fingerprint density at radius 2 is 2.10 bits per heavy atom. The molecule has 106 valence electrons. The highest BCUT2D eigenvalue weighted by molar-refractivity contribution is 7.09. The average molecular weight is 297 g/mol. The summed E-state index contributed by atoms with van der Waals surface area (Å²) in [7, 11) is 0. The lowest BCUT2D eigenvalue weighted by atomic mass is 10.2. The van der Waals surface area contributed by atoms with Gasteiger partial charge in [0.2, 0.25) is 5.91 Å². The summed E-state index contributed by atoms with van der Waals surface area (Å²) < 4.78 is 1.92. The summed E-state index contributed by atoms with van der Waals surface area (Å²) in [5.41, 5.74) is 1.83. The van der Waals surface area contributed by atoms with Crippen molar-refractivity contribution >= 4 is 22.9 Å². The number of nitrogens with zero attached hydrogens (tertiary/aromatic N) is 2. The number of rotatable bonds is 5. The van der Waals surface area contributed by atoms with Crippen LogP contribution in [0.1, 0.15) is 11.3 Å². The molecule has 0 radical (unpaired) electrons. The molecular formula is C16H15N3OS. The molecule has 1 N–H and O–H groups in total. The van der Waals surface area contributed by atoms with Crippen molar-refractivity contribution in [2.24, 2.45) is 0 Å². The van der Waals surface area contributed by atoms with Gasteiger partial charge < -0.3 is 9.88 Å². The summed E-state index contributed by atoms with van der Waals surface area (Å²) in [6.45, 7) is 0. The molecule has 2 aromatic heterocycles. The zero-order valence-corrected chi connectivity index (χ0v) is 12.2. The summed E-state index contributed by atoms with van der Waals surface area (Å²) in [6, 6.07) is 11.8. The molecular weight excluding hydrogens is 282 g/mol. The van der Waals surface area contributed by atoms with Gasteiger partial charge in [0.05, 0.1) is 6.33 Å². The molecule has 1 amide bonds. The van der Waals surface area contributed by atoms with E-state index in [0.29, 0.717) is 6.42 Å². The minimum absolute atomic E-state index is 0.0405. The Hall–Kier alpha value is -2.40. The lowest BCUT2D eigenvalue weighted by Gasteiger charge is -2.06. The summed E-state index contributed by atoms with van der Waals surface area (Å²) in [5, 5.41) is 4.95. The summed E-state index contributed by atoms with van der Waals surface area (Å²) in [6.07, 6.45) is 6.66. The zero-order chi connectivity index (χ0) is 14.5. The van der Waals surface area contributed by atoms with Crippen LogP contribution in [-0.4, -0.2) is 15.5 Å². The smallest absolute Gasteiger partial charge is 0.224 e. The number of thiophene rings is 1. The monoisotopic (exact) mass is 297 g/mol. The molecule has 3 aromatic rings. The van der Waals surface area contributed by atoms with E-state index in [1.807, 2.05) is 46.5 Å². The number of anilines is 1. The van der Waals surface area contributed by atoms with E-state index in [2.05, 4.69) is 16.4 Å². The van der Waals surface area contributed by atoms with Crippen LogP contribution < -0.4 is 5.32 Å². The van der Waals surface area contributed by atoms with E-state index in [4.69, 9.17) is 0 Å². The van der Waals surface area contributed by atoms with Crippen molar-refractivity contribution in [3.05, 3.63) is 65.4 Å². The molecule has 0 saturated carbocycles. The van der Waals surface area contributed by atoms with Gasteiger partial charge in [0.1, 0.15) is 0 Å². The Bertz CT molecular complexity index is 688. The van der Waals surface area contributed by atoms with Crippen LogP contribution in [0.2, 0.25) is 0 Å². The fourth-order valence-electron chi connectivity index (χ4n) is 2.04. The molecule has 0 spiro atoms. The molecule has 3 rings (SSSR count). The number of aryl methyl sites for hydroxylation is 1. The fraction of sp³-hybridized carbons (Fsp3) is 0.125. The molecule has 1 aromatic carbocycles. The number of hydrogen-bond acceptors (Lipinski definition) is 3. The SMILES string of the molecule is O=C(CCc1cccs1)Nc1ccc(-n2ccnc2)cc1. The highest BCUT2D eigenvalue weighted by Gasteiger charge is 2.04. The highest BCUT2D eigenvalue weighted by Crippen LogP contribution is 2.15. The topological polar surface area (TPSA) is 46.9 Å². The first-order chi connectivity index (χ1) is 10.3. The number of imidazole rings is 1. The first-order valence-corrected chi connectivity index (χ1v) is 7.60. The predicted molar refractivity (Wildman–Crippen MR) is 84.8 cm³/mol. The van der Waals surface area contributed by atoms with Gasteiger partial charge in [0, 0.05) is 35.1 Å². The van der Waals surface area contributed by atoms with Gasteiger partial charge >= 0.3 is 0 Å². The molecule has 4 nitrogen and oxygen atoms in total. The van der Waals surface area contributed by atoms with Crippen LogP contribution in [0.3, 0.4) is 0 Å². The maximum absolute atomic E-state index is 11.9. The van der Waals surface area contributed by atoms with Gasteiger partial charge in [0.15, 0.2) is 0 Å². The number of benzene rings is 1. The summed E-state index contributed by atoms with van der Waals surface area (Å²) >= 11 is 1.68. The molecule has 5 heteroatoms. The van der Waals surface area contributed by atoms with Crippen molar-refractivity contribution < 1.29 is 4.79 Å². The third-order valence-electron chi connectivity index (χ3n) is 3.13. The molecule has 0 bridgehead atoms. The van der Waals surface area contributed by atoms with Gasteiger partial charge in [-0.05, 0) is 42.1 Å². The maximum Gasteiger partial charge on any atom is 0.224 e. The van der Waals surface area contributed by atoms with Crippen LogP contribution in [-0.2, 0) is 11.2 Å². The van der Waals surface area contributed by atoms with Crippen molar-refractivity contribution in [1.29, 1.82) is 0 Å². The quantitative estimate of drug-likeness (QED) is 0.783. The van der Waals surface area contributed by atoms with E-state index >= 15 is 0 Å². The van der Waals surface area contributed by atoms with Gasteiger partial charge in [-0.25, -0.2) is 4.98 Å². The van der Waals surface area contributed by atoms with Crippen molar-refractivity contribution in [2.75, 3.05) is 5.32 Å². The average Bonchev–Trinajstić information content (AvgIpc) is 3.19. The lowest BCUT2D eigenvalue weighted by Crippen LogP contribution is -2.12. The van der Waals surface area contributed by atoms with E-state index in [1.54, 1.807) is 23.9 Å². The Labute approximate surface area is 127 Å². The second-order valence-electron chi connectivity index (χ2n) is 4.64. The van der Waals surface area contributed by atoms with E-state index in [1.165, 1.54) is 4.88 Å². The Morgan fingerprint density at radius 3 is 2.76 bits per heavy atom. The van der Waals surface area contributed by atoms with Gasteiger partial charge in [-0.1, -0.05) is 6.07 Å². The summed E-state index contributed by atoms with van der Waals surface area (Å²) in [5.74, 6) is 0.0405. The standard InChI is InChI=1S/C16H15N3OS/c20-16(8-7-15-2-1-11-21-15)18-13-3-5-14(6-4-13)19-10-9-17-12-19/h1-6,9-12H,7-8H2,(H,18,20). The highest BCUT2D eigenvalue weighted by atomic mass is 32.1. The van der Waals surface area contributed by atoms with Crippen LogP contribution >= 0.6 is 11.3 Å². The second-order valence-corrected chi connectivity index (χ2v) is 5.68. The third kappa shape index (κ3) is 3.58. The molecule has 21 heavy (non-hydrogen) atoms. The van der Waals surface area contributed by atoms with Crippen LogP contribution in [0.25, 0.3) is 5.69 Å². The van der Waals surface area contributed by atoms with Crippen LogP contribution in [0.4, 0.5) is 5.69 Å². The number of aromatic nitrogens is 2. The van der Waals surface area contributed by atoms with E-state index in [0.717, 1.165) is 17.8 Å². The van der Waals surface area contributed by atoms with Crippen molar-refractivity contribution in [3.63, 3.8) is 0 Å². The van der Waals surface area contributed by atoms with E-state index < -0.39 is 0 Å². The van der Waals surface area contributed by atoms with Gasteiger partial charge in [-0.2, -0.15) is 0 Å². The fourth-order valence-corrected chi connectivity index (χ4v) is 2.75. The second kappa shape index (κ2) is 6.37. The van der Waals surface area contributed by atoms with Crippen LogP contribution in [0.5, 0.6) is 0 Å². The van der Waals surface area contributed by atoms with Crippen molar-refractivity contribution in [1.82, 2.24) is 9.55 Å². The van der Waals surface area contributed by atoms with Crippen molar-refractivity contribution in [3.8, 4) is 5.69 Å². The number of carbonyl (C=O) groups is 1. The van der Waals surface area contributed by atoms with Gasteiger partial charge in [0.25, 0.3) is 0 Å². The van der Waals surface area contributed by atoms with Crippen LogP contribution in [0, 0.1) is 0 Å². The predicted octanol–water partition coefficient (Wildman–Crippen LogP) is 3.51. The molecule has 2 heterocycles. The minimum atomic E-state index is 0.0405. The number of amides is 1. The van der Waals surface area contributed by atoms with Gasteiger partial charge in [-0.3, -0.25) is 4.79 Å². The normalized spacial score (nSPS) is 10.5. The number of hydrogen-bond donors (Lipinski definition) is 1. The van der Waals surface area contributed by atoms with Crippen molar-refractivity contribution in [2.45, 2.75) is 12.8 Å². The first kappa shape index (κ1) is 13.6. The van der Waals surface area contributed by atoms with Crippen LogP contribution in [0.15, 0.2) is 60.5 Å². The molecule has 0 unspecified atom stereocenters. The minimum Gasteiger partial charge on any atom is -0.326 e. The Morgan fingerprint density at radius 1 is 1.24 bits per heavy atom.